The maximum absolute atomic E-state index is 13.8. The zero-order valence-electron chi connectivity index (χ0n) is 16.2. The zero-order chi connectivity index (χ0) is 20.1. The van der Waals surface area contributed by atoms with Gasteiger partial charge in [-0.3, -0.25) is 4.98 Å². The molecule has 1 atom stereocenters. The number of hydrogen-bond acceptors (Lipinski definition) is 3. The number of likely N-dealkylation sites (tertiary alicyclic amines) is 1. The fraction of sp³-hybridized carbons (Fsp3) is 0.318. The van der Waals surface area contributed by atoms with E-state index in [1.807, 2.05) is 30.7 Å². The number of amides is 2. The summed E-state index contributed by atoms with van der Waals surface area (Å²) < 4.78 is 15.9. The van der Waals surface area contributed by atoms with Crippen LogP contribution in [0.25, 0.3) is 0 Å². The van der Waals surface area contributed by atoms with E-state index in [0.717, 1.165) is 24.2 Å². The molecule has 1 N–H and O–H groups in total. The maximum Gasteiger partial charge on any atom is 0.317 e. The van der Waals surface area contributed by atoms with Gasteiger partial charge in [-0.2, -0.15) is 0 Å². The number of rotatable bonds is 5. The summed E-state index contributed by atoms with van der Waals surface area (Å²) in [5.74, 6) is 0.858. The highest BCUT2D eigenvalue weighted by Gasteiger charge is 2.27. The number of pyridine rings is 1. The molecule has 3 aromatic rings. The van der Waals surface area contributed by atoms with Crippen molar-refractivity contribution < 1.29 is 9.18 Å². The van der Waals surface area contributed by atoms with Crippen molar-refractivity contribution in [1.29, 1.82) is 0 Å². The smallest absolute Gasteiger partial charge is 0.317 e. The number of imidazole rings is 1. The number of piperidine rings is 1. The van der Waals surface area contributed by atoms with Crippen molar-refractivity contribution >= 4 is 6.03 Å². The van der Waals surface area contributed by atoms with Gasteiger partial charge in [0.1, 0.15) is 11.6 Å². The van der Waals surface area contributed by atoms with Crippen LogP contribution in [0.5, 0.6) is 0 Å². The average molecular weight is 393 g/mol. The Morgan fingerprint density at radius 3 is 2.93 bits per heavy atom. The van der Waals surface area contributed by atoms with E-state index in [9.17, 15) is 9.18 Å². The molecule has 1 fully saturated rings. The van der Waals surface area contributed by atoms with Crippen LogP contribution in [0, 0.1) is 5.82 Å². The first-order valence-electron chi connectivity index (χ1n) is 9.87. The van der Waals surface area contributed by atoms with Crippen LogP contribution in [0.1, 0.15) is 35.7 Å². The molecule has 29 heavy (non-hydrogen) atoms. The Morgan fingerprint density at radius 1 is 1.21 bits per heavy atom. The molecule has 4 rings (SSSR count). The van der Waals surface area contributed by atoms with Crippen LogP contribution in [-0.4, -0.2) is 38.6 Å². The van der Waals surface area contributed by atoms with E-state index < -0.39 is 0 Å². The predicted octanol–water partition coefficient (Wildman–Crippen LogP) is 3.55. The molecule has 1 unspecified atom stereocenters. The fourth-order valence-corrected chi connectivity index (χ4v) is 3.80. The lowest BCUT2D eigenvalue weighted by Gasteiger charge is -2.32. The van der Waals surface area contributed by atoms with Gasteiger partial charge in [0.15, 0.2) is 0 Å². The zero-order valence-corrected chi connectivity index (χ0v) is 16.2. The Hall–Kier alpha value is -3.22. The fourth-order valence-electron chi connectivity index (χ4n) is 3.80. The number of carbonyl (C=O) groups excluding carboxylic acids is 1. The molecule has 0 aliphatic carbocycles. The van der Waals surface area contributed by atoms with Gasteiger partial charge in [0.05, 0.1) is 6.54 Å². The van der Waals surface area contributed by atoms with Crippen molar-refractivity contribution in [3.05, 3.63) is 84.0 Å². The van der Waals surface area contributed by atoms with E-state index in [-0.39, 0.29) is 24.3 Å². The molecule has 0 saturated carbocycles. The van der Waals surface area contributed by atoms with Crippen molar-refractivity contribution in [1.82, 2.24) is 24.8 Å². The lowest BCUT2D eigenvalue weighted by molar-refractivity contribution is 0.177. The molecule has 1 saturated heterocycles. The summed E-state index contributed by atoms with van der Waals surface area (Å²) >= 11 is 0. The summed E-state index contributed by atoms with van der Waals surface area (Å²) in [4.78, 5) is 23.2. The van der Waals surface area contributed by atoms with Crippen LogP contribution in [0.15, 0.2) is 61.2 Å². The Bertz CT molecular complexity index is 959. The van der Waals surface area contributed by atoms with Crippen molar-refractivity contribution in [2.24, 2.45) is 0 Å². The first kappa shape index (κ1) is 19.1. The highest BCUT2D eigenvalue weighted by molar-refractivity contribution is 5.74. The summed E-state index contributed by atoms with van der Waals surface area (Å²) in [5.41, 5.74) is 1.60. The van der Waals surface area contributed by atoms with Crippen LogP contribution >= 0.6 is 0 Å². The number of halogens is 1. The number of hydrogen-bond donors (Lipinski definition) is 1. The quantitative estimate of drug-likeness (QED) is 0.721. The largest absolute Gasteiger partial charge is 0.334 e. The van der Waals surface area contributed by atoms with Crippen LogP contribution in [0.2, 0.25) is 0 Å². The Labute approximate surface area is 169 Å². The Morgan fingerprint density at radius 2 is 2.10 bits per heavy atom. The third kappa shape index (κ3) is 4.62. The molecule has 6 nitrogen and oxygen atoms in total. The number of carbonyl (C=O) groups is 1. The SMILES string of the molecule is O=C(NCc1ccccc1F)N1CCCC(c2nccn2Cc2cccnc2)C1. The van der Waals surface area contributed by atoms with Gasteiger partial charge in [0, 0.05) is 55.9 Å². The minimum absolute atomic E-state index is 0.164. The Kier molecular flexibility index (Phi) is 5.84. The third-order valence-electron chi connectivity index (χ3n) is 5.29. The maximum atomic E-state index is 13.8. The van der Waals surface area contributed by atoms with Gasteiger partial charge < -0.3 is 14.8 Å². The monoisotopic (exact) mass is 393 g/mol. The average Bonchev–Trinajstić information content (AvgIpc) is 3.22. The minimum Gasteiger partial charge on any atom is -0.334 e. The molecule has 150 valence electrons. The minimum atomic E-state index is -0.304. The van der Waals surface area contributed by atoms with Crippen molar-refractivity contribution in [3.63, 3.8) is 0 Å². The lowest BCUT2D eigenvalue weighted by Crippen LogP contribution is -2.45. The van der Waals surface area contributed by atoms with Gasteiger partial charge in [-0.15, -0.1) is 0 Å². The number of urea groups is 1. The summed E-state index contributed by atoms with van der Waals surface area (Å²) in [6.45, 7) is 2.19. The van der Waals surface area contributed by atoms with E-state index in [1.165, 1.54) is 6.07 Å². The van der Waals surface area contributed by atoms with E-state index in [4.69, 9.17) is 0 Å². The predicted molar refractivity (Wildman–Crippen MR) is 108 cm³/mol. The second-order valence-electron chi connectivity index (χ2n) is 7.31. The lowest BCUT2D eigenvalue weighted by atomic mass is 9.97. The molecule has 0 radical (unpaired) electrons. The van der Waals surface area contributed by atoms with Crippen LogP contribution in [-0.2, 0) is 13.1 Å². The topological polar surface area (TPSA) is 63.1 Å². The van der Waals surface area contributed by atoms with Gasteiger partial charge >= 0.3 is 6.03 Å². The molecule has 2 aromatic heterocycles. The standard InChI is InChI=1S/C22H24FN5O/c23-20-8-2-1-6-18(20)14-26-22(29)28-11-4-7-19(16-28)21-25-10-12-27(21)15-17-5-3-9-24-13-17/h1-3,5-6,8-10,12-13,19H,4,7,11,14-16H2,(H,26,29). The van der Waals surface area contributed by atoms with E-state index in [2.05, 4.69) is 19.9 Å². The third-order valence-corrected chi connectivity index (χ3v) is 5.29. The summed E-state index contributed by atoms with van der Waals surface area (Å²) in [5, 5.41) is 2.84. The van der Waals surface area contributed by atoms with E-state index in [1.54, 1.807) is 29.3 Å². The highest BCUT2D eigenvalue weighted by Crippen LogP contribution is 2.26. The Balaban J connectivity index is 1.39. The number of nitrogens with one attached hydrogen (secondary N) is 1. The molecule has 0 spiro atoms. The molecular formula is C22H24FN5O. The summed E-state index contributed by atoms with van der Waals surface area (Å²) in [6, 6.07) is 10.3. The second-order valence-corrected chi connectivity index (χ2v) is 7.31. The summed E-state index contributed by atoms with van der Waals surface area (Å²) in [7, 11) is 0. The molecule has 1 aromatic carbocycles. The van der Waals surface area contributed by atoms with Gasteiger partial charge in [0.2, 0.25) is 0 Å². The number of nitrogens with zero attached hydrogens (tertiary/aromatic N) is 4. The van der Waals surface area contributed by atoms with Crippen molar-refractivity contribution in [2.45, 2.75) is 31.8 Å². The van der Waals surface area contributed by atoms with Crippen LogP contribution in [0.3, 0.4) is 0 Å². The van der Waals surface area contributed by atoms with Crippen molar-refractivity contribution in [3.8, 4) is 0 Å². The van der Waals surface area contributed by atoms with Gasteiger partial charge in [0.25, 0.3) is 0 Å². The first-order valence-corrected chi connectivity index (χ1v) is 9.87. The van der Waals surface area contributed by atoms with Gasteiger partial charge in [-0.25, -0.2) is 14.2 Å². The van der Waals surface area contributed by atoms with Gasteiger partial charge in [-0.05, 0) is 30.5 Å². The van der Waals surface area contributed by atoms with Crippen molar-refractivity contribution in [2.75, 3.05) is 13.1 Å². The van der Waals surface area contributed by atoms with E-state index >= 15 is 0 Å². The van der Waals surface area contributed by atoms with Crippen LogP contribution < -0.4 is 5.32 Å². The molecule has 1 aliphatic heterocycles. The molecule has 7 heteroatoms. The molecule has 3 heterocycles. The second kappa shape index (κ2) is 8.86. The summed E-state index contributed by atoms with van der Waals surface area (Å²) in [6.07, 6.45) is 9.30. The number of benzene rings is 1. The van der Waals surface area contributed by atoms with Gasteiger partial charge in [-0.1, -0.05) is 24.3 Å². The normalized spacial score (nSPS) is 16.6. The first-order chi connectivity index (χ1) is 14.2. The molecule has 1 aliphatic rings. The molecule has 2 amide bonds. The molecule has 0 bridgehead atoms. The molecular weight excluding hydrogens is 369 g/mol. The van der Waals surface area contributed by atoms with E-state index in [0.29, 0.717) is 25.2 Å². The number of aromatic nitrogens is 3. The highest BCUT2D eigenvalue weighted by atomic mass is 19.1. The van der Waals surface area contributed by atoms with Crippen LogP contribution in [0.4, 0.5) is 9.18 Å².